The van der Waals surface area contributed by atoms with Gasteiger partial charge in [-0.25, -0.2) is 0 Å². The molecular weight excluding hydrogens is 392 g/mol. The van der Waals surface area contributed by atoms with Crippen LogP contribution in [0.25, 0.3) is 11.4 Å². The predicted octanol–water partition coefficient (Wildman–Crippen LogP) is 3.57. The van der Waals surface area contributed by atoms with Crippen molar-refractivity contribution in [3.63, 3.8) is 0 Å². The lowest BCUT2D eigenvalue weighted by Crippen LogP contribution is -2.49. The fourth-order valence-electron chi connectivity index (χ4n) is 3.77. The summed E-state index contributed by atoms with van der Waals surface area (Å²) in [5, 5.41) is 6.91. The van der Waals surface area contributed by atoms with Gasteiger partial charge in [-0.2, -0.15) is 4.98 Å². The smallest absolute Gasteiger partial charge is 0.251 e. The van der Waals surface area contributed by atoms with Gasteiger partial charge in [0.25, 0.3) is 5.91 Å². The summed E-state index contributed by atoms with van der Waals surface area (Å²) < 4.78 is 5.51. The van der Waals surface area contributed by atoms with Gasteiger partial charge in [-0.1, -0.05) is 53.2 Å². The van der Waals surface area contributed by atoms with Crippen LogP contribution in [0.5, 0.6) is 0 Å². The fourth-order valence-corrected chi connectivity index (χ4v) is 3.77. The number of aryl methyl sites for hydroxylation is 1. The van der Waals surface area contributed by atoms with Crippen molar-refractivity contribution in [2.45, 2.75) is 38.6 Å². The third kappa shape index (κ3) is 4.82. The highest BCUT2D eigenvalue weighted by atomic mass is 16.5. The molecule has 0 radical (unpaired) electrons. The molecule has 2 heterocycles. The molecule has 1 aromatic heterocycles. The number of hydrogen-bond acceptors (Lipinski definition) is 5. The average Bonchev–Trinajstić information content (AvgIpc) is 3.30. The molecule has 7 nitrogen and oxygen atoms in total. The van der Waals surface area contributed by atoms with Crippen LogP contribution in [0.1, 0.15) is 47.5 Å². The monoisotopic (exact) mass is 418 g/mol. The minimum atomic E-state index is -0.583. The van der Waals surface area contributed by atoms with Crippen molar-refractivity contribution >= 4 is 11.8 Å². The Balaban J connectivity index is 1.31. The maximum absolute atomic E-state index is 12.8. The van der Waals surface area contributed by atoms with E-state index in [-0.39, 0.29) is 17.7 Å². The summed E-state index contributed by atoms with van der Waals surface area (Å²) in [7, 11) is 0. The van der Waals surface area contributed by atoms with Crippen molar-refractivity contribution in [3.05, 3.63) is 71.6 Å². The van der Waals surface area contributed by atoms with Crippen LogP contribution >= 0.6 is 0 Å². The Morgan fingerprint density at radius 2 is 1.74 bits per heavy atom. The average molecular weight is 418 g/mol. The number of nitrogens with one attached hydrogen (secondary N) is 1. The molecule has 0 bridgehead atoms. The molecule has 0 aliphatic carbocycles. The highest BCUT2D eigenvalue weighted by molar-refractivity contribution is 5.97. The van der Waals surface area contributed by atoms with Crippen LogP contribution in [0.15, 0.2) is 59.1 Å². The molecule has 1 atom stereocenters. The van der Waals surface area contributed by atoms with E-state index < -0.39 is 6.04 Å². The summed E-state index contributed by atoms with van der Waals surface area (Å²) >= 11 is 0. The normalized spacial score (nSPS) is 15.5. The minimum absolute atomic E-state index is 0.0754. The molecule has 160 valence electrons. The molecule has 4 rings (SSSR count). The van der Waals surface area contributed by atoms with E-state index in [0.717, 1.165) is 18.4 Å². The zero-order valence-electron chi connectivity index (χ0n) is 17.7. The van der Waals surface area contributed by atoms with Crippen LogP contribution in [0.3, 0.4) is 0 Å². The van der Waals surface area contributed by atoms with Gasteiger partial charge in [0.1, 0.15) is 6.04 Å². The molecule has 7 heteroatoms. The highest BCUT2D eigenvalue weighted by Crippen LogP contribution is 2.28. The van der Waals surface area contributed by atoms with Gasteiger partial charge in [0, 0.05) is 30.1 Å². The molecule has 31 heavy (non-hydrogen) atoms. The molecule has 1 fully saturated rings. The van der Waals surface area contributed by atoms with Gasteiger partial charge in [-0.05, 0) is 38.8 Å². The van der Waals surface area contributed by atoms with Crippen molar-refractivity contribution in [1.29, 1.82) is 0 Å². The predicted molar refractivity (Wildman–Crippen MR) is 116 cm³/mol. The van der Waals surface area contributed by atoms with Crippen LogP contribution in [0.4, 0.5) is 0 Å². The van der Waals surface area contributed by atoms with Gasteiger partial charge in [-0.15, -0.1) is 0 Å². The number of rotatable bonds is 5. The number of hydrogen-bond donors (Lipinski definition) is 1. The maximum Gasteiger partial charge on any atom is 0.251 e. The molecule has 0 unspecified atom stereocenters. The van der Waals surface area contributed by atoms with E-state index in [1.165, 1.54) is 5.56 Å². The van der Waals surface area contributed by atoms with Crippen LogP contribution in [0.2, 0.25) is 0 Å². The molecule has 1 aliphatic heterocycles. The molecule has 0 saturated carbocycles. The van der Waals surface area contributed by atoms with E-state index in [2.05, 4.69) is 15.5 Å². The number of likely N-dealkylation sites (tertiary alicyclic amines) is 1. The molecule has 1 aliphatic rings. The quantitative estimate of drug-likeness (QED) is 0.684. The molecule has 2 amide bonds. The number of carbonyl (C=O) groups is 2. The van der Waals surface area contributed by atoms with Gasteiger partial charge < -0.3 is 14.7 Å². The second-order valence-corrected chi connectivity index (χ2v) is 7.98. The Bertz CT molecular complexity index is 1040. The summed E-state index contributed by atoms with van der Waals surface area (Å²) in [4.78, 5) is 31.5. The number of benzene rings is 2. The number of aromatic nitrogens is 2. The molecular formula is C24H26N4O3. The largest absolute Gasteiger partial charge is 0.341 e. The lowest BCUT2D eigenvalue weighted by atomic mass is 9.96. The van der Waals surface area contributed by atoms with Gasteiger partial charge in [0.05, 0.1) is 0 Å². The summed E-state index contributed by atoms with van der Waals surface area (Å²) in [6.45, 7) is 4.95. The molecule has 1 saturated heterocycles. The highest BCUT2D eigenvalue weighted by Gasteiger charge is 2.30. The van der Waals surface area contributed by atoms with Crippen molar-refractivity contribution in [1.82, 2.24) is 20.4 Å². The van der Waals surface area contributed by atoms with E-state index in [4.69, 9.17) is 4.52 Å². The first-order valence-corrected chi connectivity index (χ1v) is 10.6. The molecule has 0 spiro atoms. The third-order valence-corrected chi connectivity index (χ3v) is 5.66. The first-order valence-electron chi connectivity index (χ1n) is 10.6. The van der Waals surface area contributed by atoms with E-state index in [9.17, 15) is 9.59 Å². The molecule has 1 N–H and O–H groups in total. The second kappa shape index (κ2) is 9.12. The first-order chi connectivity index (χ1) is 15.0. The van der Waals surface area contributed by atoms with Crippen molar-refractivity contribution in [3.8, 4) is 11.4 Å². The van der Waals surface area contributed by atoms with Crippen LogP contribution in [-0.2, 0) is 4.79 Å². The standard InChI is InChI=1S/C24H26N4O3/c1-16-8-10-18(11-9-16)21-26-23(31-27-21)20-12-14-28(15-13-20)24(30)17(2)25-22(29)19-6-4-3-5-7-19/h3-11,17,20H,12-15H2,1-2H3,(H,25,29)/t17-/m0/s1. The van der Waals surface area contributed by atoms with Gasteiger partial charge in [-0.3, -0.25) is 9.59 Å². The van der Waals surface area contributed by atoms with Crippen molar-refractivity contribution in [2.24, 2.45) is 0 Å². The van der Waals surface area contributed by atoms with Gasteiger partial charge >= 0.3 is 0 Å². The SMILES string of the molecule is Cc1ccc(-c2noc(C3CCN(C(=O)[C@H](C)NC(=O)c4ccccc4)CC3)n2)cc1. The number of piperidine rings is 1. The summed E-state index contributed by atoms with van der Waals surface area (Å²) in [6, 6.07) is 16.3. The maximum atomic E-state index is 12.8. The number of amides is 2. The zero-order chi connectivity index (χ0) is 21.8. The Labute approximate surface area is 181 Å². The Morgan fingerprint density at radius 3 is 2.42 bits per heavy atom. The Morgan fingerprint density at radius 1 is 1.06 bits per heavy atom. The Kier molecular flexibility index (Phi) is 6.11. The minimum Gasteiger partial charge on any atom is -0.341 e. The summed E-state index contributed by atoms with van der Waals surface area (Å²) in [6.07, 6.45) is 1.50. The van der Waals surface area contributed by atoms with E-state index in [1.54, 1.807) is 36.1 Å². The van der Waals surface area contributed by atoms with Crippen molar-refractivity contribution in [2.75, 3.05) is 13.1 Å². The lowest BCUT2D eigenvalue weighted by Gasteiger charge is -2.32. The zero-order valence-corrected chi connectivity index (χ0v) is 17.7. The van der Waals surface area contributed by atoms with E-state index in [0.29, 0.717) is 30.4 Å². The summed E-state index contributed by atoms with van der Waals surface area (Å²) in [5.41, 5.74) is 2.65. The van der Waals surface area contributed by atoms with E-state index >= 15 is 0 Å². The fraction of sp³-hybridized carbons (Fsp3) is 0.333. The molecule has 2 aromatic carbocycles. The summed E-state index contributed by atoms with van der Waals surface area (Å²) in [5.74, 6) is 1.02. The molecule has 3 aromatic rings. The topological polar surface area (TPSA) is 88.3 Å². The Hall–Kier alpha value is -3.48. The van der Waals surface area contributed by atoms with Crippen LogP contribution < -0.4 is 5.32 Å². The third-order valence-electron chi connectivity index (χ3n) is 5.66. The van der Waals surface area contributed by atoms with Gasteiger partial charge in [0.15, 0.2) is 0 Å². The van der Waals surface area contributed by atoms with Crippen molar-refractivity contribution < 1.29 is 14.1 Å². The second-order valence-electron chi connectivity index (χ2n) is 7.98. The van der Waals surface area contributed by atoms with Gasteiger partial charge in [0.2, 0.25) is 17.6 Å². The number of nitrogens with zero attached hydrogens (tertiary/aromatic N) is 3. The van der Waals surface area contributed by atoms with Crippen LogP contribution in [-0.4, -0.2) is 46.0 Å². The van der Waals surface area contributed by atoms with Crippen LogP contribution in [0, 0.1) is 6.92 Å². The lowest BCUT2D eigenvalue weighted by molar-refractivity contribution is -0.134. The first kappa shape index (κ1) is 20.8. The van der Waals surface area contributed by atoms with E-state index in [1.807, 2.05) is 37.3 Å². The number of carbonyl (C=O) groups excluding carboxylic acids is 2.